The smallest absolute Gasteiger partial charge is 0.269 e. The monoisotopic (exact) mass is 321 g/mol. The number of carbonyl (C=O) groups is 1. The lowest BCUT2D eigenvalue weighted by molar-refractivity contribution is 0.0962. The van der Waals surface area contributed by atoms with Crippen LogP contribution in [0.5, 0.6) is 5.75 Å². The van der Waals surface area contributed by atoms with E-state index in [1.807, 2.05) is 38.1 Å². The van der Waals surface area contributed by atoms with E-state index < -0.39 is 0 Å². The maximum absolute atomic E-state index is 12.3. The number of ether oxygens (including phenoxy) is 1. The second-order valence-corrected chi connectivity index (χ2v) is 5.59. The quantitative estimate of drug-likeness (QED) is 0.721. The standard InChI is InChI=1S/C19H19N3O2/c1-12-5-4-6-16-17(11-13(2)20-18(12)16)21-22-19(23)14-7-9-15(24-3)10-8-14/h4-11H,1-3H3,(H,20,21)(H,22,23). The molecule has 2 aromatic carbocycles. The van der Waals surface area contributed by atoms with Crippen LogP contribution in [0.2, 0.25) is 0 Å². The average molecular weight is 321 g/mol. The van der Waals surface area contributed by atoms with Crippen molar-refractivity contribution < 1.29 is 9.53 Å². The Hall–Kier alpha value is -3.08. The largest absolute Gasteiger partial charge is 0.497 e. The zero-order valence-corrected chi connectivity index (χ0v) is 13.9. The Balaban J connectivity index is 1.82. The molecule has 0 aliphatic heterocycles. The van der Waals surface area contributed by atoms with Crippen molar-refractivity contribution in [2.75, 3.05) is 12.5 Å². The van der Waals surface area contributed by atoms with E-state index in [1.54, 1.807) is 31.4 Å². The highest BCUT2D eigenvalue weighted by Gasteiger charge is 2.09. The molecule has 0 atom stereocenters. The first-order valence-electron chi connectivity index (χ1n) is 7.66. The maximum atomic E-state index is 12.3. The van der Waals surface area contributed by atoms with E-state index >= 15 is 0 Å². The fourth-order valence-electron chi connectivity index (χ4n) is 2.56. The van der Waals surface area contributed by atoms with Crippen LogP contribution in [0, 0.1) is 13.8 Å². The van der Waals surface area contributed by atoms with Crippen LogP contribution in [0.25, 0.3) is 10.9 Å². The van der Waals surface area contributed by atoms with Gasteiger partial charge in [-0.25, -0.2) is 0 Å². The number of aromatic nitrogens is 1. The van der Waals surface area contributed by atoms with Gasteiger partial charge >= 0.3 is 0 Å². The van der Waals surface area contributed by atoms with Crippen molar-refractivity contribution in [3.05, 3.63) is 65.4 Å². The van der Waals surface area contributed by atoms with Gasteiger partial charge in [-0.3, -0.25) is 20.6 Å². The average Bonchev–Trinajstić information content (AvgIpc) is 2.60. The van der Waals surface area contributed by atoms with E-state index in [-0.39, 0.29) is 5.91 Å². The number of hydrogen-bond donors (Lipinski definition) is 2. The Labute approximate surface area is 140 Å². The van der Waals surface area contributed by atoms with Gasteiger partial charge in [0.1, 0.15) is 5.75 Å². The molecule has 3 rings (SSSR count). The summed E-state index contributed by atoms with van der Waals surface area (Å²) in [5, 5.41) is 0.968. The van der Waals surface area contributed by atoms with E-state index in [0.717, 1.165) is 27.8 Å². The topological polar surface area (TPSA) is 63.2 Å². The Bertz CT molecular complexity index is 889. The zero-order chi connectivity index (χ0) is 17.1. The molecule has 0 saturated carbocycles. The SMILES string of the molecule is COc1ccc(C(=O)NNc2cc(C)nc3c(C)cccc23)cc1. The molecule has 0 aliphatic carbocycles. The first-order chi connectivity index (χ1) is 11.6. The summed E-state index contributed by atoms with van der Waals surface area (Å²) in [6.07, 6.45) is 0. The van der Waals surface area contributed by atoms with Crippen LogP contribution in [0.15, 0.2) is 48.5 Å². The minimum Gasteiger partial charge on any atom is -0.497 e. The molecule has 1 heterocycles. The van der Waals surface area contributed by atoms with Crippen molar-refractivity contribution in [3.8, 4) is 5.75 Å². The summed E-state index contributed by atoms with van der Waals surface area (Å²) < 4.78 is 5.10. The summed E-state index contributed by atoms with van der Waals surface area (Å²) in [6, 6.07) is 14.8. The number of anilines is 1. The van der Waals surface area contributed by atoms with Crippen molar-refractivity contribution in [1.29, 1.82) is 0 Å². The Morgan fingerprint density at radius 3 is 2.54 bits per heavy atom. The predicted octanol–water partition coefficient (Wildman–Crippen LogP) is 3.62. The molecule has 1 amide bonds. The molecule has 5 nitrogen and oxygen atoms in total. The number of nitrogens with one attached hydrogen (secondary N) is 2. The van der Waals surface area contributed by atoms with Crippen LogP contribution in [0.3, 0.4) is 0 Å². The highest BCUT2D eigenvalue weighted by molar-refractivity contribution is 5.97. The van der Waals surface area contributed by atoms with Gasteiger partial charge in [0.25, 0.3) is 5.91 Å². The number of hydrogen-bond acceptors (Lipinski definition) is 4. The molecular weight excluding hydrogens is 302 g/mol. The molecule has 2 N–H and O–H groups in total. The van der Waals surface area contributed by atoms with Gasteiger partial charge in [0.05, 0.1) is 18.3 Å². The van der Waals surface area contributed by atoms with Crippen LogP contribution in [0.1, 0.15) is 21.6 Å². The predicted molar refractivity (Wildman–Crippen MR) is 95.3 cm³/mol. The van der Waals surface area contributed by atoms with Gasteiger partial charge in [-0.15, -0.1) is 0 Å². The molecule has 5 heteroatoms. The van der Waals surface area contributed by atoms with Gasteiger partial charge in [-0.2, -0.15) is 0 Å². The third-order valence-electron chi connectivity index (χ3n) is 3.83. The molecule has 0 saturated heterocycles. The fourth-order valence-corrected chi connectivity index (χ4v) is 2.56. The van der Waals surface area contributed by atoms with Crippen molar-refractivity contribution >= 4 is 22.5 Å². The van der Waals surface area contributed by atoms with Crippen LogP contribution < -0.4 is 15.6 Å². The lowest BCUT2D eigenvalue weighted by Crippen LogP contribution is -2.29. The molecule has 0 unspecified atom stereocenters. The third kappa shape index (κ3) is 3.15. The zero-order valence-electron chi connectivity index (χ0n) is 13.9. The van der Waals surface area contributed by atoms with Gasteiger partial charge < -0.3 is 4.74 Å². The molecule has 0 fully saturated rings. The maximum Gasteiger partial charge on any atom is 0.269 e. The normalized spacial score (nSPS) is 10.5. The minimum absolute atomic E-state index is 0.215. The van der Waals surface area contributed by atoms with E-state index in [4.69, 9.17) is 4.74 Å². The van der Waals surface area contributed by atoms with E-state index in [0.29, 0.717) is 11.3 Å². The number of pyridine rings is 1. The molecule has 0 bridgehead atoms. The number of benzene rings is 2. The van der Waals surface area contributed by atoms with Gasteiger partial charge in [0.2, 0.25) is 0 Å². The molecular formula is C19H19N3O2. The second-order valence-electron chi connectivity index (χ2n) is 5.59. The Kier molecular flexibility index (Phi) is 4.33. The summed E-state index contributed by atoms with van der Waals surface area (Å²) in [4.78, 5) is 16.8. The highest BCUT2D eigenvalue weighted by atomic mass is 16.5. The van der Waals surface area contributed by atoms with Crippen molar-refractivity contribution in [1.82, 2.24) is 10.4 Å². The Morgan fingerprint density at radius 1 is 1.08 bits per heavy atom. The second kappa shape index (κ2) is 6.58. The molecule has 1 aromatic heterocycles. The highest BCUT2D eigenvalue weighted by Crippen LogP contribution is 2.25. The third-order valence-corrected chi connectivity index (χ3v) is 3.83. The van der Waals surface area contributed by atoms with E-state index in [1.165, 1.54) is 0 Å². The lowest BCUT2D eigenvalue weighted by atomic mass is 10.1. The number of fused-ring (bicyclic) bond motifs is 1. The number of carbonyl (C=O) groups excluding carboxylic acids is 1. The summed E-state index contributed by atoms with van der Waals surface area (Å²) in [7, 11) is 1.59. The van der Waals surface area contributed by atoms with Gasteiger partial charge in [-0.05, 0) is 49.7 Å². The number of aryl methyl sites for hydroxylation is 2. The van der Waals surface area contributed by atoms with Gasteiger partial charge in [0, 0.05) is 16.6 Å². The number of methoxy groups -OCH3 is 1. The molecule has 0 spiro atoms. The fraction of sp³-hybridized carbons (Fsp3) is 0.158. The molecule has 24 heavy (non-hydrogen) atoms. The van der Waals surface area contributed by atoms with Gasteiger partial charge in [0.15, 0.2) is 0 Å². The van der Waals surface area contributed by atoms with Crippen molar-refractivity contribution in [2.24, 2.45) is 0 Å². The summed E-state index contributed by atoms with van der Waals surface area (Å²) in [6.45, 7) is 3.96. The van der Waals surface area contributed by atoms with E-state index in [2.05, 4.69) is 15.8 Å². The van der Waals surface area contributed by atoms with Crippen LogP contribution in [0.4, 0.5) is 5.69 Å². The number of amides is 1. The number of para-hydroxylation sites is 1. The summed E-state index contributed by atoms with van der Waals surface area (Å²) in [5.74, 6) is 0.499. The summed E-state index contributed by atoms with van der Waals surface area (Å²) >= 11 is 0. The Morgan fingerprint density at radius 2 is 1.83 bits per heavy atom. The number of hydrazine groups is 1. The molecule has 0 radical (unpaired) electrons. The first-order valence-corrected chi connectivity index (χ1v) is 7.66. The first kappa shape index (κ1) is 15.8. The van der Waals surface area contributed by atoms with E-state index in [9.17, 15) is 4.79 Å². The lowest BCUT2D eigenvalue weighted by Gasteiger charge is -2.13. The van der Waals surface area contributed by atoms with Crippen LogP contribution in [-0.4, -0.2) is 18.0 Å². The van der Waals surface area contributed by atoms with Crippen molar-refractivity contribution in [2.45, 2.75) is 13.8 Å². The number of rotatable bonds is 4. The van der Waals surface area contributed by atoms with Crippen molar-refractivity contribution in [3.63, 3.8) is 0 Å². The van der Waals surface area contributed by atoms with Crippen LogP contribution >= 0.6 is 0 Å². The molecule has 3 aromatic rings. The minimum atomic E-state index is -0.215. The van der Waals surface area contributed by atoms with Gasteiger partial charge in [-0.1, -0.05) is 18.2 Å². The summed E-state index contributed by atoms with van der Waals surface area (Å²) in [5.41, 5.74) is 10.0. The molecule has 122 valence electrons. The molecule has 0 aliphatic rings. The van der Waals surface area contributed by atoms with Crippen LogP contribution in [-0.2, 0) is 0 Å². The number of nitrogens with zero attached hydrogens (tertiary/aromatic N) is 1.